The molecule has 2 N–H and O–H groups in total. The van der Waals surface area contributed by atoms with Gasteiger partial charge in [-0.3, -0.25) is 4.98 Å². The second-order valence-electron chi connectivity index (χ2n) is 6.35. The fraction of sp³-hybridized carbons (Fsp3) is 0.389. The molecule has 0 aromatic carbocycles. The van der Waals surface area contributed by atoms with E-state index in [0.29, 0.717) is 38.3 Å². The maximum Gasteiger partial charge on any atom is 0.417 e. The summed E-state index contributed by atoms with van der Waals surface area (Å²) in [6.07, 6.45) is 1.20. The molecule has 1 saturated heterocycles. The van der Waals surface area contributed by atoms with Crippen LogP contribution in [0.1, 0.15) is 24.0 Å². The van der Waals surface area contributed by atoms with Gasteiger partial charge in [0.1, 0.15) is 5.82 Å². The lowest BCUT2D eigenvalue weighted by Gasteiger charge is -2.33. The fourth-order valence-electron chi connectivity index (χ4n) is 2.91. The van der Waals surface area contributed by atoms with Crippen molar-refractivity contribution >= 4 is 11.8 Å². The van der Waals surface area contributed by atoms with Gasteiger partial charge in [0.25, 0.3) is 0 Å². The Balaban J connectivity index is 1.44. The maximum absolute atomic E-state index is 12.6. The van der Waals surface area contributed by atoms with E-state index in [0.717, 1.165) is 17.8 Å². The Morgan fingerprint density at radius 1 is 1.15 bits per heavy atom. The van der Waals surface area contributed by atoms with Gasteiger partial charge in [0.15, 0.2) is 0 Å². The number of alkyl halides is 3. The van der Waals surface area contributed by atoms with Gasteiger partial charge >= 0.3 is 12.2 Å². The van der Waals surface area contributed by atoms with E-state index in [2.05, 4.69) is 20.6 Å². The van der Waals surface area contributed by atoms with Crippen LogP contribution in [0.2, 0.25) is 0 Å². The molecule has 9 heteroatoms. The first-order valence-electron chi connectivity index (χ1n) is 8.63. The van der Waals surface area contributed by atoms with Crippen molar-refractivity contribution < 1.29 is 18.0 Å². The van der Waals surface area contributed by atoms with Gasteiger partial charge in [-0.25, -0.2) is 9.78 Å². The standard InChI is InChI=1S/C18H20F3N5O/c19-18(20,21)14-1-2-16(23-12-14)26-9-5-15(6-10-26)25-17(27)24-11-13-3-7-22-8-4-13/h1-4,7-8,12,15H,5-6,9-11H2,(H2,24,25,27). The quantitative estimate of drug-likeness (QED) is 0.857. The van der Waals surface area contributed by atoms with Crippen LogP contribution in [0, 0.1) is 0 Å². The minimum Gasteiger partial charge on any atom is -0.356 e. The number of piperidine rings is 1. The van der Waals surface area contributed by atoms with Crippen molar-refractivity contribution in [1.29, 1.82) is 0 Å². The number of rotatable bonds is 4. The Bertz CT molecular complexity index is 744. The molecular weight excluding hydrogens is 359 g/mol. The molecule has 3 heterocycles. The number of carbonyl (C=O) groups is 1. The fourth-order valence-corrected chi connectivity index (χ4v) is 2.91. The molecule has 144 valence electrons. The van der Waals surface area contributed by atoms with Crippen LogP contribution in [-0.4, -0.2) is 35.1 Å². The molecule has 1 fully saturated rings. The highest BCUT2D eigenvalue weighted by atomic mass is 19.4. The third-order valence-electron chi connectivity index (χ3n) is 4.43. The molecule has 0 radical (unpaired) electrons. The maximum atomic E-state index is 12.6. The van der Waals surface area contributed by atoms with E-state index in [4.69, 9.17) is 0 Å². The minimum absolute atomic E-state index is 0.0214. The summed E-state index contributed by atoms with van der Waals surface area (Å²) in [6.45, 7) is 1.66. The molecule has 1 aliphatic heterocycles. The molecule has 0 spiro atoms. The molecule has 0 unspecified atom stereocenters. The molecule has 2 aromatic rings. The molecule has 0 atom stereocenters. The number of hydrogen-bond acceptors (Lipinski definition) is 4. The summed E-state index contributed by atoms with van der Waals surface area (Å²) in [6, 6.07) is 5.87. The summed E-state index contributed by atoms with van der Waals surface area (Å²) in [7, 11) is 0. The SMILES string of the molecule is O=C(NCc1ccncc1)NC1CCN(c2ccc(C(F)(F)F)cn2)CC1. The molecular formula is C18H20F3N5O. The van der Waals surface area contributed by atoms with Crippen LogP contribution >= 0.6 is 0 Å². The van der Waals surface area contributed by atoms with E-state index in [9.17, 15) is 18.0 Å². The Morgan fingerprint density at radius 3 is 2.44 bits per heavy atom. The lowest BCUT2D eigenvalue weighted by atomic mass is 10.1. The second kappa shape index (κ2) is 8.24. The van der Waals surface area contributed by atoms with Gasteiger partial charge in [0.05, 0.1) is 5.56 Å². The van der Waals surface area contributed by atoms with E-state index < -0.39 is 11.7 Å². The Kier molecular flexibility index (Phi) is 5.78. The number of nitrogens with zero attached hydrogens (tertiary/aromatic N) is 3. The number of anilines is 1. The van der Waals surface area contributed by atoms with E-state index in [1.165, 1.54) is 6.07 Å². The van der Waals surface area contributed by atoms with E-state index in [-0.39, 0.29) is 12.1 Å². The minimum atomic E-state index is -4.38. The van der Waals surface area contributed by atoms with Crippen molar-refractivity contribution in [2.45, 2.75) is 31.6 Å². The first-order valence-corrected chi connectivity index (χ1v) is 8.63. The third kappa shape index (κ3) is 5.32. The van der Waals surface area contributed by atoms with Gasteiger partial charge in [0, 0.05) is 44.3 Å². The first kappa shape index (κ1) is 18.9. The highest BCUT2D eigenvalue weighted by Crippen LogP contribution is 2.29. The number of pyridine rings is 2. The molecule has 6 nitrogen and oxygen atoms in total. The highest BCUT2D eigenvalue weighted by Gasteiger charge is 2.31. The van der Waals surface area contributed by atoms with Crippen LogP contribution in [0.3, 0.4) is 0 Å². The number of halogens is 3. The van der Waals surface area contributed by atoms with Gasteiger partial charge in [-0.15, -0.1) is 0 Å². The highest BCUT2D eigenvalue weighted by molar-refractivity contribution is 5.74. The van der Waals surface area contributed by atoms with E-state index in [1.807, 2.05) is 17.0 Å². The second-order valence-corrected chi connectivity index (χ2v) is 6.35. The number of carbonyl (C=O) groups excluding carboxylic acids is 1. The van der Waals surface area contributed by atoms with E-state index >= 15 is 0 Å². The van der Waals surface area contributed by atoms with E-state index in [1.54, 1.807) is 12.4 Å². The summed E-state index contributed by atoms with van der Waals surface area (Å²) >= 11 is 0. The number of urea groups is 1. The zero-order chi connectivity index (χ0) is 19.3. The average molecular weight is 379 g/mol. The molecule has 2 amide bonds. The molecule has 2 aromatic heterocycles. The van der Waals surface area contributed by atoms with Crippen LogP contribution in [0.15, 0.2) is 42.9 Å². The van der Waals surface area contributed by atoms with Crippen LogP contribution in [0.5, 0.6) is 0 Å². The van der Waals surface area contributed by atoms with Crippen LogP contribution in [0.4, 0.5) is 23.8 Å². The predicted molar refractivity (Wildman–Crippen MR) is 94.1 cm³/mol. The average Bonchev–Trinajstić information content (AvgIpc) is 2.67. The molecule has 27 heavy (non-hydrogen) atoms. The summed E-state index contributed by atoms with van der Waals surface area (Å²) in [5, 5.41) is 5.73. The molecule has 0 saturated carbocycles. The monoisotopic (exact) mass is 379 g/mol. The zero-order valence-corrected chi connectivity index (χ0v) is 14.5. The van der Waals surface area contributed by atoms with Crippen LogP contribution < -0.4 is 15.5 Å². The summed E-state index contributed by atoms with van der Waals surface area (Å²) < 4.78 is 37.8. The van der Waals surface area contributed by atoms with Gasteiger partial charge in [-0.05, 0) is 42.7 Å². The molecule has 3 rings (SSSR count). The molecule has 1 aliphatic rings. The van der Waals surface area contributed by atoms with Crippen LogP contribution in [0.25, 0.3) is 0 Å². The van der Waals surface area contributed by atoms with Crippen molar-refractivity contribution in [3.8, 4) is 0 Å². The zero-order valence-electron chi connectivity index (χ0n) is 14.5. The van der Waals surface area contributed by atoms with Crippen molar-refractivity contribution in [1.82, 2.24) is 20.6 Å². The first-order chi connectivity index (χ1) is 12.9. The molecule has 0 aliphatic carbocycles. The van der Waals surface area contributed by atoms with Gasteiger partial charge in [-0.2, -0.15) is 13.2 Å². The lowest BCUT2D eigenvalue weighted by Crippen LogP contribution is -2.48. The number of hydrogen-bond donors (Lipinski definition) is 2. The smallest absolute Gasteiger partial charge is 0.356 e. The number of aromatic nitrogens is 2. The van der Waals surface area contributed by atoms with Crippen molar-refractivity contribution in [3.63, 3.8) is 0 Å². The Hall–Kier alpha value is -2.84. The summed E-state index contributed by atoms with van der Waals surface area (Å²) in [5.74, 6) is 0.517. The lowest BCUT2D eigenvalue weighted by molar-refractivity contribution is -0.137. The predicted octanol–water partition coefficient (Wildman–Crippen LogP) is 2.96. The summed E-state index contributed by atoms with van der Waals surface area (Å²) in [5.41, 5.74) is 0.206. The number of nitrogens with one attached hydrogen (secondary N) is 2. The third-order valence-corrected chi connectivity index (χ3v) is 4.43. The van der Waals surface area contributed by atoms with Gasteiger partial charge < -0.3 is 15.5 Å². The van der Waals surface area contributed by atoms with Crippen molar-refractivity contribution in [3.05, 3.63) is 54.0 Å². The normalized spacial score (nSPS) is 15.4. The Morgan fingerprint density at radius 2 is 1.85 bits per heavy atom. The Labute approximate surface area is 154 Å². The molecule has 0 bridgehead atoms. The van der Waals surface area contributed by atoms with Crippen LogP contribution in [-0.2, 0) is 12.7 Å². The van der Waals surface area contributed by atoms with Crippen molar-refractivity contribution in [2.75, 3.05) is 18.0 Å². The van der Waals surface area contributed by atoms with Crippen molar-refractivity contribution in [2.24, 2.45) is 0 Å². The van der Waals surface area contributed by atoms with Gasteiger partial charge in [0.2, 0.25) is 0 Å². The van der Waals surface area contributed by atoms with Gasteiger partial charge in [-0.1, -0.05) is 0 Å². The topological polar surface area (TPSA) is 70.2 Å². The summed E-state index contributed by atoms with van der Waals surface area (Å²) in [4.78, 5) is 21.8. The number of amides is 2. The largest absolute Gasteiger partial charge is 0.417 e.